The van der Waals surface area contributed by atoms with Gasteiger partial charge in [0.1, 0.15) is 17.3 Å². The van der Waals surface area contributed by atoms with Crippen LogP contribution in [0.25, 0.3) is 0 Å². The Kier molecular flexibility index (Phi) is 4.73. The molecule has 0 saturated carbocycles. The van der Waals surface area contributed by atoms with E-state index >= 15 is 0 Å². The van der Waals surface area contributed by atoms with Crippen molar-refractivity contribution in [1.82, 2.24) is 5.32 Å². The zero-order chi connectivity index (χ0) is 15.6. The first kappa shape index (κ1) is 15.6. The second-order valence-electron chi connectivity index (χ2n) is 4.91. The van der Waals surface area contributed by atoms with E-state index in [0.717, 1.165) is 21.6 Å². The summed E-state index contributed by atoms with van der Waals surface area (Å²) >= 11 is 3.39. The first-order valence-corrected chi connectivity index (χ1v) is 7.43. The fraction of sp³-hybridized carbons (Fsp3) is 0.312. The molecule has 0 spiro atoms. The lowest BCUT2D eigenvalue weighted by atomic mass is 10.1. The molecule has 1 atom stereocenters. The predicted molar refractivity (Wildman–Crippen MR) is 84.8 cm³/mol. The van der Waals surface area contributed by atoms with Gasteiger partial charge >= 0.3 is 0 Å². The molecule has 2 rings (SSSR count). The van der Waals surface area contributed by atoms with Crippen LogP contribution >= 0.6 is 15.9 Å². The monoisotopic (exact) mass is 351 g/mol. The maximum atomic E-state index is 12.4. The molecular weight excluding hydrogens is 334 g/mol. The number of furan rings is 1. The van der Waals surface area contributed by atoms with Crippen molar-refractivity contribution in [2.24, 2.45) is 0 Å². The van der Waals surface area contributed by atoms with Gasteiger partial charge in [0, 0.05) is 10.0 Å². The van der Waals surface area contributed by atoms with Gasteiger partial charge in [0.05, 0.1) is 18.7 Å². The van der Waals surface area contributed by atoms with Gasteiger partial charge in [0.25, 0.3) is 5.91 Å². The van der Waals surface area contributed by atoms with Gasteiger partial charge in [-0.25, -0.2) is 0 Å². The molecule has 0 aliphatic heterocycles. The molecule has 2 aromatic rings. The van der Waals surface area contributed by atoms with Crippen molar-refractivity contribution < 1.29 is 13.9 Å². The minimum atomic E-state index is -0.161. The van der Waals surface area contributed by atoms with Crippen LogP contribution < -0.4 is 10.1 Å². The molecule has 1 aromatic carbocycles. The highest BCUT2D eigenvalue weighted by Crippen LogP contribution is 2.25. The number of carbonyl (C=O) groups is 1. The van der Waals surface area contributed by atoms with E-state index in [9.17, 15) is 4.79 Å². The van der Waals surface area contributed by atoms with Gasteiger partial charge in [-0.1, -0.05) is 0 Å². The number of nitrogens with one attached hydrogen (secondary N) is 1. The molecule has 0 aliphatic rings. The normalized spacial score (nSPS) is 12.0. The highest BCUT2D eigenvalue weighted by Gasteiger charge is 2.18. The molecule has 0 bridgehead atoms. The highest BCUT2D eigenvalue weighted by molar-refractivity contribution is 9.10. The van der Waals surface area contributed by atoms with E-state index in [0.29, 0.717) is 11.3 Å². The van der Waals surface area contributed by atoms with Crippen molar-refractivity contribution in [2.75, 3.05) is 7.11 Å². The Morgan fingerprint density at radius 1 is 1.33 bits per heavy atom. The summed E-state index contributed by atoms with van der Waals surface area (Å²) in [7, 11) is 1.57. The number of hydrogen-bond donors (Lipinski definition) is 1. The van der Waals surface area contributed by atoms with Gasteiger partial charge in [0.15, 0.2) is 0 Å². The molecule has 0 fully saturated rings. The lowest BCUT2D eigenvalue weighted by Gasteiger charge is -2.14. The molecule has 112 valence electrons. The van der Waals surface area contributed by atoms with Crippen molar-refractivity contribution >= 4 is 21.8 Å². The number of methoxy groups -OCH3 is 1. The molecule has 0 aliphatic carbocycles. The van der Waals surface area contributed by atoms with Crippen LogP contribution in [-0.2, 0) is 0 Å². The maximum Gasteiger partial charge on any atom is 0.253 e. The summed E-state index contributed by atoms with van der Waals surface area (Å²) in [6, 6.07) is 7.12. The minimum absolute atomic E-state index is 0.131. The van der Waals surface area contributed by atoms with E-state index in [-0.39, 0.29) is 11.9 Å². The average Bonchev–Trinajstić information content (AvgIpc) is 2.78. The van der Waals surface area contributed by atoms with Crippen LogP contribution in [0.5, 0.6) is 5.75 Å². The van der Waals surface area contributed by atoms with Crippen LogP contribution in [0.2, 0.25) is 0 Å². The fourth-order valence-corrected chi connectivity index (χ4v) is 2.66. The van der Waals surface area contributed by atoms with Gasteiger partial charge in [-0.15, -0.1) is 0 Å². The van der Waals surface area contributed by atoms with Gasteiger partial charge < -0.3 is 14.5 Å². The van der Waals surface area contributed by atoms with E-state index in [1.165, 1.54) is 0 Å². The third-order valence-electron chi connectivity index (χ3n) is 3.31. The summed E-state index contributed by atoms with van der Waals surface area (Å²) in [5.41, 5.74) is 1.53. The average molecular weight is 352 g/mol. The van der Waals surface area contributed by atoms with Gasteiger partial charge in [-0.2, -0.15) is 0 Å². The molecule has 21 heavy (non-hydrogen) atoms. The molecule has 1 N–H and O–H groups in total. The Bertz CT molecular complexity index is 664. The largest absolute Gasteiger partial charge is 0.497 e. The predicted octanol–water partition coefficient (Wildman–Crippen LogP) is 4.16. The van der Waals surface area contributed by atoms with Crippen molar-refractivity contribution in [2.45, 2.75) is 26.8 Å². The Labute approximate surface area is 132 Å². The summed E-state index contributed by atoms with van der Waals surface area (Å²) in [5, 5.41) is 2.97. The molecule has 1 aromatic heterocycles. The van der Waals surface area contributed by atoms with Crippen LogP contribution in [0.15, 0.2) is 33.2 Å². The molecule has 4 nitrogen and oxygen atoms in total. The maximum absolute atomic E-state index is 12.4. The molecule has 0 saturated heterocycles. The zero-order valence-electron chi connectivity index (χ0n) is 12.5. The van der Waals surface area contributed by atoms with Crippen LogP contribution in [0.3, 0.4) is 0 Å². The topological polar surface area (TPSA) is 51.5 Å². The molecule has 1 amide bonds. The van der Waals surface area contributed by atoms with Crippen molar-refractivity contribution in [3.8, 4) is 5.75 Å². The number of halogens is 1. The van der Waals surface area contributed by atoms with Crippen molar-refractivity contribution in [3.05, 3.63) is 51.4 Å². The number of aryl methyl sites for hydroxylation is 2. The molecule has 0 radical (unpaired) electrons. The summed E-state index contributed by atoms with van der Waals surface area (Å²) < 4.78 is 11.4. The Morgan fingerprint density at radius 2 is 2.05 bits per heavy atom. The van der Waals surface area contributed by atoms with E-state index in [1.807, 2.05) is 26.8 Å². The van der Waals surface area contributed by atoms with Crippen LogP contribution in [0, 0.1) is 13.8 Å². The van der Waals surface area contributed by atoms with Crippen molar-refractivity contribution in [3.63, 3.8) is 0 Å². The quantitative estimate of drug-likeness (QED) is 0.899. The number of carbonyl (C=O) groups excluding carboxylic acids is 1. The van der Waals surface area contributed by atoms with E-state index in [2.05, 4.69) is 21.2 Å². The van der Waals surface area contributed by atoms with Crippen molar-refractivity contribution in [1.29, 1.82) is 0 Å². The lowest BCUT2D eigenvalue weighted by molar-refractivity contribution is 0.0938. The Hall–Kier alpha value is -1.75. The van der Waals surface area contributed by atoms with E-state index in [4.69, 9.17) is 9.15 Å². The van der Waals surface area contributed by atoms with Crippen LogP contribution in [0.4, 0.5) is 0 Å². The number of amides is 1. The Balaban J connectivity index is 2.20. The summed E-state index contributed by atoms with van der Waals surface area (Å²) in [6.45, 7) is 5.72. The fourth-order valence-electron chi connectivity index (χ4n) is 2.24. The SMILES string of the molecule is COc1ccc(Br)c(C(=O)NC(C)c2cc(C)oc2C)c1. The van der Waals surface area contributed by atoms with Gasteiger partial charge in [-0.3, -0.25) is 4.79 Å². The second kappa shape index (κ2) is 6.35. The number of hydrogen-bond acceptors (Lipinski definition) is 3. The third kappa shape index (κ3) is 3.47. The first-order chi connectivity index (χ1) is 9.92. The molecule has 5 heteroatoms. The smallest absolute Gasteiger partial charge is 0.253 e. The highest BCUT2D eigenvalue weighted by atomic mass is 79.9. The molecule has 1 unspecified atom stereocenters. The molecular formula is C16H18BrNO3. The lowest BCUT2D eigenvalue weighted by Crippen LogP contribution is -2.27. The van der Waals surface area contributed by atoms with Crippen LogP contribution in [0.1, 0.15) is 40.4 Å². The summed E-state index contributed by atoms with van der Waals surface area (Å²) in [5.74, 6) is 2.15. The number of benzene rings is 1. The van der Waals surface area contributed by atoms with Gasteiger partial charge in [-0.05, 0) is 61.0 Å². The summed E-state index contributed by atoms with van der Waals surface area (Å²) in [4.78, 5) is 12.4. The number of rotatable bonds is 4. The summed E-state index contributed by atoms with van der Waals surface area (Å²) in [6.07, 6.45) is 0. The Morgan fingerprint density at radius 3 is 2.62 bits per heavy atom. The second-order valence-corrected chi connectivity index (χ2v) is 5.76. The third-order valence-corrected chi connectivity index (χ3v) is 4.00. The minimum Gasteiger partial charge on any atom is -0.497 e. The first-order valence-electron chi connectivity index (χ1n) is 6.63. The van der Waals surface area contributed by atoms with E-state index in [1.54, 1.807) is 25.3 Å². The standard InChI is InChI=1S/C16H18BrNO3/c1-9-7-13(11(3)21-9)10(2)18-16(19)14-8-12(20-4)5-6-15(14)17/h5-8,10H,1-4H3,(H,18,19). The van der Waals surface area contributed by atoms with Crippen LogP contribution in [-0.4, -0.2) is 13.0 Å². The van der Waals surface area contributed by atoms with E-state index < -0.39 is 0 Å². The molecule has 1 heterocycles. The number of ether oxygens (including phenoxy) is 1. The zero-order valence-corrected chi connectivity index (χ0v) is 14.1. The van der Waals surface area contributed by atoms with Gasteiger partial charge in [0.2, 0.25) is 0 Å².